The van der Waals surface area contributed by atoms with Crippen molar-refractivity contribution in [1.82, 2.24) is 4.90 Å². The Morgan fingerprint density at radius 3 is 2.88 bits per heavy atom. The van der Waals surface area contributed by atoms with Crippen molar-refractivity contribution >= 4 is 5.97 Å². The Balaban J connectivity index is 2.33. The third-order valence-electron chi connectivity index (χ3n) is 3.35. The monoisotopic (exact) mass is 219 g/mol. The Labute approximate surface area is 95.7 Å². The maximum atomic E-state index is 11.2. The summed E-state index contributed by atoms with van der Waals surface area (Å²) in [5.41, 5.74) is 2.30. The second kappa shape index (κ2) is 4.26. The number of carboxylic acid groups (broad SMARTS) is 1. The van der Waals surface area contributed by atoms with Crippen LogP contribution in [0.4, 0.5) is 0 Å². The number of carboxylic acids is 1. The molecule has 2 atom stereocenters. The molecule has 86 valence electrons. The van der Waals surface area contributed by atoms with E-state index in [0.717, 1.165) is 18.5 Å². The van der Waals surface area contributed by atoms with E-state index in [1.54, 1.807) is 0 Å². The molecule has 3 heteroatoms. The standard InChI is InChI=1S/C13H17NO2/c1-9-4-3-5-10(8-9)12-11(13(15)16)6-7-14(12)2/h3-5,8,11-12H,6-7H2,1-2H3,(H,15,16). The van der Waals surface area contributed by atoms with Gasteiger partial charge in [-0.05, 0) is 32.5 Å². The summed E-state index contributed by atoms with van der Waals surface area (Å²) in [6, 6.07) is 8.17. The van der Waals surface area contributed by atoms with Gasteiger partial charge >= 0.3 is 5.97 Å². The summed E-state index contributed by atoms with van der Waals surface area (Å²) in [7, 11) is 2.00. The molecule has 1 N–H and O–H groups in total. The molecule has 1 saturated heterocycles. The van der Waals surface area contributed by atoms with Gasteiger partial charge in [0.1, 0.15) is 0 Å². The number of hydrogen-bond donors (Lipinski definition) is 1. The molecule has 1 aliphatic heterocycles. The molecular formula is C13H17NO2. The maximum Gasteiger partial charge on any atom is 0.308 e. The summed E-state index contributed by atoms with van der Waals surface area (Å²) in [5, 5.41) is 9.21. The molecule has 0 spiro atoms. The van der Waals surface area contributed by atoms with Crippen molar-refractivity contribution in [3.63, 3.8) is 0 Å². The highest BCUT2D eigenvalue weighted by Crippen LogP contribution is 2.36. The molecule has 2 unspecified atom stereocenters. The number of aliphatic carboxylic acids is 1. The molecule has 0 bridgehead atoms. The lowest BCUT2D eigenvalue weighted by Gasteiger charge is -2.23. The van der Waals surface area contributed by atoms with E-state index in [-0.39, 0.29) is 12.0 Å². The van der Waals surface area contributed by atoms with E-state index in [1.807, 2.05) is 32.2 Å². The Kier molecular flexibility index (Phi) is 2.97. The molecule has 1 aromatic rings. The number of carbonyl (C=O) groups is 1. The molecule has 3 nitrogen and oxygen atoms in total. The first-order valence-electron chi connectivity index (χ1n) is 5.59. The van der Waals surface area contributed by atoms with Crippen LogP contribution in [0.25, 0.3) is 0 Å². The average Bonchev–Trinajstić information content (AvgIpc) is 2.60. The molecule has 0 aliphatic carbocycles. The second-order valence-electron chi connectivity index (χ2n) is 4.57. The minimum atomic E-state index is -0.684. The third-order valence-corrected chi connectivity index (χ3v) is 3.35. The molecule has 0 radical (unpaired) electrons. The van der Waals surface area contributed by atoms with Crippen molar-refractivity contribution in [3.05, 3.63) is 35.4 Å². The zero-order valence-corrected chi connectivity index (χ0v) is 9.68. The van der Waals surface area contributed by atoms with Crippen LogP contribution in [-0.2, 0) is 4.79 Å². The molecule has 1 heterocycles. The Morgan fingerprint density at radius 2 is 2.25 bits per heavy atom. The summed E-state index contributed by atoms with van der Waals surface area (Å²) < 4.78 is 0. The molecule has 1 fully saturated rings. The van der Waals surface area contributed by atoms with Crippen LogP contribution < -0.4 is 0 Å². The summed E-state index contributed by atoms with van der Waals surface area (Å²) in [6.45, 7) is 2.89. The fraction of sp³-hybridized carbons (Fsp3) is 0.462. The molecular weight excluding hydrogens is 202 g/mol. The van der Waals surface area contributed by atoms with E-state index in [4.69, 9.17) is 0 Å². The Hall–Kier alpha value is -1.35. The van der Waals surface area contributed by atoms with Gasteiger partial charge in [-0.15, -0.1) is 0 Å². The van der Waals surface area contributed by atoms with Crippen LogP contribution in [0.3, 0.4) is 0 Å². The summed E-state index contributed by atoms with van der Waals surface area (Å²) >= 11 is 0. The van der Waals surface area contributed by atoms with Crippen molar-refractivity contribution in [2.45, 2.75) is 19.4 Å². The largest absolute Gasteiger partial charge is 0.481 e. The highest BCUT2D eigenvalue weighted by atomic mass is 16.4. The van der Waals surface area contributed by atoms with Gasteiger partial charge in [0.2, 0.25) is 0 Å². The van der Waals surface area contributed by atoms with E-state index in [0.29, 0.717) is 0 Å². The smallest absolute Gasteiger partial charge is 0.308 e. The molecule has 16 heavy (non-hydrogen) atoms. The number of aryl methyl sites for hydroxylation is 1. The normalized spacial score (nSPS) is 25.9. The van der Waals surface area contributed by atoms with E-state index < -0.39 is 5.97 Å². The zero-order chi connectivity index (χ0) is 11.7. The number of rotatable bonds is 2. The van der Waals surface area contributed by atoms with Gasteiger partial charge in [0.25, 0.3) is 0 Å². The first kappa shape index (κ1) is 11.1. The fourth-order valence-corrected chi connectivity index (χ4v) is 2.55. The second-order valence-corrected chi connectivity index (χ2v) is 4.57. The van der Waals surface area contributed by atoms with Crippen molar-refractivity contribution in [2.24, 2.45) is 5.92 Å². The molecule has 0 amide bonds. The van der Waals surface area contributed by atoms with Gasteiger partial charge < -0.3 is 5.11 Å². The lowest BCUT2D eigenvalue weighted by Crippen LogP contribution is -2.25. The zero-order valence-electron chi connectivity index (χ0n) is 9.68. The Bertz CT molecular complexity index is 403. The highest BCUT2D eigenvalue weighted by Gasteiger charge is 2.37. The van der Waals surface area contributed by atoms with Crippen LogP contribution in [0.2, 0.25) is 0 Å². The van der Waals surface area contributed by atoms with Crippen molar-refractivity contribution in [1.29, 1.82) is 0 Å². The van der Waals surface area contributed by atoms with E-state index >= 15 is 0 Å². The van der Waals surface area contributed by atoms with Gasteiger partial charge in [-0.1, -0.05) is 29.8 Å². The predicted octanol–water partition coefficient (Wildman–Crippen LogP) is 2.07. The van der Waals surface area contributed by atoms with Crippen LogP contribution >= 0.6 is 0 Å². The van der Waals surface area contributed by atoms with Crippen LogP contribution in [-0.4, -0.2) is 29.6 Å². The topological polar surface area (TPSA) is 40.5 Å². The van der Waals surface area contributed by atoms with E-state index in [9.17, 15) is 9.90 Å². The number of benzene rings is 1. The minimum absolute atomic E-state index is 0.0254. The SMILES string of the molecule is Cc1cccc(C2C(C(=O)O)CCN2C)c1. The quantitative estimate of drug-likeness (QED) is 0.827. The molecule has 2 rings (SSSR count). The van der Waals surface area contributed by atoms with Gasteiger partial charge in [0.05, 0.1) is 5.92 Å². The predicted molar refractivity (Wildman–Crippen MR) is 62.3 cm³/mol. The van der Waals surface area contributed by atoms with Gasteiger partial charge in [-0.2, -0.15) is 0 Å². The van der Waals surface area contributed by atoms with E-state index in [1.165, 1.54) is 5.56 Å². The number of nitrogens with zero attached hydrogens (tertiary/aromatic N) is 1. The summed E-state index contributed by atoms with van der Waals surface area (Å²) in [6.07, 6.45) is 0.741. The maximum absolute atomic E-state index is 11.2. The fourth-order valence-electron chi connectivity index (χ4n) is 2.55. The van der Waals surface area contributed by atoms with Crippen LogP contribution in [0, 0.1) is 12.8 Å². The summed E-state index contributed by atoms with van der Waals surface area (Å²) in [5.74, 6) is -0.956. The van der Waals surface area contributed by atoms with Crippen LogP contribution in [0.15, 0.2) is 24.3 Å². The lowest BCUT2D eigenvalue weighted by atomic mass is 9.93. The lowest BCUT2D eigenvalue weighted by molar-refractivity contribution is -0.142. The van der Waals surface area contributed by atoms with Crippen LogP contribution in [0.1, 0.15) is 23.6 Å². The highest BCUT2D eigenvalue weighted by molar-refractivity contribution is 5.71. The number of hydrogen-bond acceptors (Lipinski definition) is 2. The van der Waals surface area contributed by atoms with Gasteiger partial charge in [0, 0.05) is 6.04 Å². The molecule has 1 aromatic carbocycles. The summed E-state index contributed by atoms with van der Waals surface area (Å²) in [4.78, 5) is 13.3. The average molecular weight is 219 g/mol. The molecule has 1 aliphatic rings. The van der Waals surface area contributed by atoms with Crippen LogP contribution in [0.5, 0.6) is 0 Å². The van der Waals surface area contributed by atoms with Gasteiger partial charge in [-0.3, -0.25) is 9.69 Å². The third kappa shape index (κ3) is 1.95. The molecule has 0 saturated carbocycles. The van der Waals surface area contributed by atoms with Gasteiger partial charge in [0.15, 0.2) is 0 Å². The van der Waals surface area contributed by atoms with Gasteiger partial charge in [-0.25, -0.2) is 0 Å². The Morgan fingerprint density at radius 1 is 1.50 bits per heavy atom. The van der Waals surface area contributed by atoms with Crippen molar-refractivity contribution < 1.29 is 9.90 Å². The minimum Gasteiger partial charge on any atom is -0.481 e. The first-order valence-corrected chi connectivity index (χ1v) is 5.59. The molecule has 0 aromatic heterocycles. The van der Waals surface area contributed by atoms with Crippen molar-refractivity contribution in [3.8, 4) is 0 Å². The van der Waals surface area contributed by atoms with E-state index in [2.05, 4.69) is 11.0 Å². The van der Waals surface area contributed by atoms with Crippen molar-refractivity contribution in [2.75, 3.05) is 13.6 Å². The first-order chi connectivity index (χ1) is 7.59. The number of likely N-dealkylation sites (tertiary alicyclic amines) is 1.